The lowest BCUT2D eigenvalue weighted by Crippen LogP contribution is -2.55. The number of nitriles is 1. The largest absolute Gasteiger partial charge is 0.462 e. The van der Waals surface area contributed by atoms with Crippen LogP contribution in [0.25, 0.3) is 0 Å². The highest BCUT2D eigenvalue weighted by atomic mass is 19.1. The van der Waals surface area contributed by atoms with E-state index in [-0.39, 0.29) is 36.2 Å². The zero-order valence-corrected chi connectivity index (χ0v) is 15.0. The first-order valence-electron chi connectivity index (χ1n) is 8.59. The Kier molecular flexibility index (Phi) is 4.39. The number of pyridine rings is 1. The van der Waals surface area contributed by atoms with Crippen molar-refractivity contribution >= 4 is 17.6 Å². The van der Waals surface area contributed by atoms with Crippen LogP contribution in [-0.4, -0.2) is 42.4 Å². The number of benzene rings is 1. The van der Waals surface area contributed by atoms with Gasteiger partial charge in [0.25, 0.3) is 11.9 Å². The molecule has 1 saturated heterocycles. The van der Waals surface area contributed by atoms with Crippen molar-refractivity contribution in [1.29, 1.82) is 5.26 Å². The summed E-state index contributed by atoms with van der Waals surface area (Å²) in [4.78, 5) is 20.4. The summed E-state index contributed by atoms with van der Waals surface area (Å²) in [6.07, 6.45) is 1.26. The molecule has 0 aliphatic carbocycles. The molecule has 0 bridgehead atoms. The SMILES string of the molecule is N#Cc1ccc(C(=O)Nc2ccc(F)c([C@]34COC[C@@]3(F)COC(N)=N4)c2)nc1. The van der Waals surface area contributed by atoms with Gasteiger partial charge in [0.2, 0.25) is 0 Å². The van der Waals surface area contributed by atoms with Gasteiger partial charge >= 0.3 is 0 Å². The summed E-state index contributed by atoms with van der Waals surface area (Å²) in [5.41, 5.74) is 2.28. The van der Waals surface area contributed by atoms with E-state index < -0.39 is 29.5 Å². The van der Waals surface area contributed by atoms with Crippen molar-refractivity contribution < 1.29 is 23.0 Å². The van der Waals surface area contributed by atoms with Crippen LogP contribution in [0.2, 0.25) is 0 Å². The predicted octanol–water partition coefficient (Wildman–Crippen LogP) is 1.62. The molecule has 1 aromatic heterocycles. The molecule has 2 aliphatic rings. The van der Waals surface area contributed by atoms with Crippen molar-refractivity contribution in [2.75, 3.05) is 25.1 Å². The number of carbonyl (C=O) groups excluding carboxylic acids is 1. The molecule has 1 fully saturated rings. The van der Waals surface area contributed by atoms with E-state index in [0.717, 1.165) is 6.07 Å². The van der Waals surface area contributed by atoms with Crippen LogP contribution in [0.5, 0.6) is 0 Å². The zero-order chi connectivity index (χ0) is 20.6. The summed E-state index contributed by atoms with van der Waals surface area (Å²) < 4.78 is 40.4. The topological polar surface area (TPSA) is 123 Å². The van der Waals surface area contributed by atoms with Gasteiger partial charge in [-0.25, -0.2) is 18.8 Å². The van der Waals surface area contributed by atoms with Gasteiger partial charge in [0.15, 0.2) is 11.2 Å². The summed E-state index contributed by atoms with van der Waals surface area (Å²) in [6, 6.07) is 8.20. The molecule has 2 atom stereocenters. The number of hydrogen-bond acceptors (Lipinski definition) is 7. The average molecular weight is 399 g/mol. The van der Waals surface area contributed by atoms with E-state index in [1.54, 1.807) is 0 Å². The number of nitrogens with one attached hydrogen (secondary N) is 1. The normalized spacial score (nSPS) is 25.3. The van der Waals surface area contributed by atoms with Crippen LogP contribution in [0.15, 0.2) is 41.5 Å². The molecule has 2 aromatic rings. The van der Waals surface area contributed by atoms with Gasteiger partial charge in [-0.3, -0.25) is 4.79 Å². The molecule has 10 heteroatoms. The van der Waals surface area contributed by atoms with Crippen molar-refractivity contribution in [3.8, 4) is 6.07 Å². The minimum atomic E-state index is -2.10. The summed E-state index contributed by atoms with van der Waals surface area (Å²) >= 11 is 0. The monoisotopic (exact) mass is 399 g/mol. The number of aromatic nitrogens is 1. The number of fused-ring (bicyclic) bond motifs is 1. The third-order valence-corrected chi connectivity index (χ3v) is 4.93. The van der Waals surface area contributed by atoms with Crippen LogP contribution in [0, 0.1) is 17.1 Å². The van der Waals surface area contributed by atoms with Crippen LogP contribution in [0.1, 0.15) is 21.6 Å². The van der Waals surface area contributed by atoms with E-state index in [4.69, 9.17) is 20.5 Å². The first kappa shape index (κ1) is 18.8. The summed E-state index contributed by atoms with van der Waals surface area (Å²) in [5, 5.41) is 11.4. The molecule has 4 rings (SSSR count). The van der Waals surface area contributed by atoms with Crippen molar-refractivity contribution in [2.45, 2.75) is 11.2 Å². The van der Waals surface area contributed by atoms with Gasteiger partial charge in [-0.1, -0.05) is 0 Å². The van der Waals surface area contributed by atoms with Gasteiger partial charge in [0.1, 0.15) is 24.2 Å². The number of halogens is 2. The van der Waals surface area contributed by atoms with E-state index in [1.165, 1.54) is 30.5 Å². The molecule has 148 valence electrons. The maximum atomic E-state index is 15.5. The molecule has 3 N–H and O–H groups in total. The number of amidine groups is 1. The van der Waals surface area contributed by atoms with Crippen LogP contribution in [-0.2, 0) is 15.0 Å². The number of alkyl halides is 1. The molecule has 0 radical (unpaired) electrons. The molecule has 2 aliphatic heterocycles. The number of rotatable bonds is 3. The Morgan fingerprint density at radius 1 is 1.28 bits per heavy atom. The first-order valence-corrected chi connectivity index (χ1v) is 8.59. The van der Waals surface area contributed by atoms with Crippen molar-refractivity contribution in [3.05, 3.63) is 59.2 Å². The van der Waals surface area contributed by atoms with Crippen molar-refractivity contribution in [1.82, 2.24) is 4.98 Å². The maximum Gasteiger partial charge on any atom is 0.283 e. The van der Waals surface area contributed by atoms with E-state index in [1.807, 2.05) is 6.07 Å². The zero-order valence-electron chi connectivity index (χ0n) is 15.0. The molecule has 0 saturated carbocycles. The molecule has 0 unspecified atom stereocenters. The highest BCUT2D eigenvalue weighted by Gasteiger charge is 2.62. The lowest BCUT2D eigenvalue weighted by molar-refractivity contribution is 0.00905. The van der Waals surface area contributed by atoms with Gasteiger partial charge < -0.3 is 20.5 Å². The number of nitrogens with two attached hydrogens (primary N) is 1. The summed E-state index contributed by atoms with van der Waals surface area (Å²) in [6.45, 7) is -0.971. The fourth-order valence-corrected chi connectivity index (χ4v) is 3.40. The van der Waals surface area contributed by atoms with Crippen molar-refractivity contribution in [3.63, 3.8) is 0 Å². The second-order valence-corrected chi connectivity index (χ2v) is 6.75. The van der Waals surface area contributed by atoms with Gasteiger partial charge in [0.05, 0.1) is 18.8 Å². The molecular weight excluding hydrogens is 384 g/mol. The fourth-order valence-electron chi connectivity index (χ4n) is 3.40. The summed E-state index contributed by atoms with van der Waals surface area (Å²) in [5.74, 6) is -1.29. The van der Waals surface area contributed by atoms with E-state index in [9.17, 15) is 9.18 Å². The van der Waals surface area contributed by atoms with Crippen LogP contribution < -0.4 is 11.1 Å². The van der Waals surface area contributed by atoms with Crippen LogP contribution in [0.3, 0.4) is 0 Å². The standard InChI is InChI=1S/C19H15F2N5O3/c20-14-3-2-12(25-16(27)15-4-1-11(6-22)7-24-15)5-13(14)19-10-28-8-18(19,21)9-29-17(23)26-19/h1-5,7H,8-10H2,(H2,23,26)(H,25,27)/t18-,19-/m1/s1. The molecule has 1 aromatic carbocycles. The third-order valence-electron chi connectivity index (χ3n) is 4.93. The van der Waals surface area contributed by atoms with Crippen molar-refractivity contribution in [2.24, 2.45) is 10.7 Å². The molecule has 0 spiro atoms. The first-order chi connectivity index (χ1) is 13.9. The second-order valence-electron chi connectivity index (χ2n) is 6.75. The minimum absolute atomic E-state index is 0.0606. The minimum Gasteiger partial charge on any atom is -0.462 e. The number of carbonyl (C=O) groups is 1. The molecule has 8 nitrogen and oxygen atoms in total. The Balaban J connectivity index is 1.68. The number of nitrogens with zero attached hydrogens (tertiary/aromatic N) is 3. The number of amides is 1. The second kappa shape index (κ2) is 6.79. The lowest BCUT2D eigenvalue weighted by Gasteiger charge is -2.38. The van der Waals surface area contributed by atoms with Gasteiger partial charge in [-0.15, -0.1) is 0 Å². The van der Waals surface area contributed by atoms with Crippen LogP contribution in [0.4, 0.5) is 14.5 Å². The number of ether oxygens (including phenoxy) is 2. The van der Waals surface area contributed by atoms with Gasteiger partial charge in [0, 0.05) is 17.4 Å². The Morgan fingerprint density at radius 3 is 2.83 bits per heavy atom. The van der Waals surface area contributed by atoms with Crippen LogP contribution >= 0.6 is 0 Å². The number of hydrogen-bond donors (Lipinski definition) is 2. The molecule has 29 heavy (non-hydrogen) atoms. The Morgan fingerprint density at radius 2 is 2.10 bits per heavy atom. The highest BCUT2D eigenvalue weighted by molar-refractivity contribution is 6.02. The third kappa shape index (κ3) is 3.05. The van der Waals surface area contributed by atoms with E-state index >= 15 is 4.39 Å². The van der Waals surface area contributed by atoms with Gasteiger partial charge in [-0.05, 0) is 30.3 Å². The smallest absolute Gasteiger partial charge is 0.283 e. The molecule has 3 heterocycles. The van der Waals surface area contributed by atoms with E-state index in [0.29, 0.717) is 5.56 Å². The highest BCUT2D eigenvalue weighted by Crippen LogP contribution is 2.48. The summed E-state index contributed by atoms with van der Waals surface area (Å²) in [7, 11) is 0. The van der Waals surface area contributed by atoms with E-state index in [2.05, 4.69) is 15.3 Å². The number of aliphatic imine (C=N–C) groups is 1. The predicted molar refractivity (Wildman–Crippen MR) is 97.2 cm³/mol. The Labute approximate surface area is 164 Å². The molecule has 1 amide bonds. The van der Waals surface area contributed by atoms with Gasteiger partial charge in [-0.2, -0.15) is 5.26 Å². The maximum absolute atomic E-state index is 15.5. The number of anilines is 1. The lowest BCUT2D eigenvalue weighted by atomic mass is 9.78. The Bertz CT molecular complexity index is 1050. The Hall–Kier alpha value is -3.58. The quantitative estimate of drug-likeness (QED) is 0.809. The fraction of sp³-hybridized carbons (Fsp3) is 0.263. The molecular formula is C19H15F2N5O3. The average Bonchev–Trinajstić information content (AvgIpc) is 3.06.